The third-order valence-electron chi connectivity index (χ3n) is 4.56. The van der Waals surface area contributed by atoms with E-state index in [4.69, 9.17) is 4.74 Å². The zero-order valence-electron chi connectivity index (χ0n) is 14.8. The number of halogens is 1. The smallest absolute Gasteiger partial charge is 0.254 e. The topological polar surface area (TPSA) is 84.1 Å². The van der Waals surface area contributed by atoms with Gasteiger partial charge in [-0.3, -0.25) is 9.59 Å². The lowest BCUT2D eigenvalue weighted by atomic mass is 9.98. The van der Waals surface area contributed by atoms with Crippen LogP contribution in [-0.2, 0) is 16.0 Å². The number of amides is 1. The van der Waals surface area contributed by atoms with Gasteiger partial charge in [0.05, 0.1) is 18.6 Å². The zero-order chi connectivity index (χ0) is 18.7. The van der Waals surface area contributed by atoms with Gasteiger partial charge in [0.2, 0.25) is 5.91 Å². The van der Waals surface area contributed by atoms with Crippen molar-refractivity contribution < 1.29 is 13.9 Å². The molecule has 1 amide bonds. The maximum atomic E-state index is 13.2. The van der Waals surface area contributed by atoms with Crippen LogP contribution >= 0.6 is 0 Å². The van der Waals surface area contributed by atoms with Gasteiger partial charge in [0.15, 0.2) is 0 Å². The summed E-state index contributed by atoms with van der Waals surface area (Å²) in [5, 5.41) is 2.95. The van der Waals surface area contributed by atoms with Crippen molar-refractivity contribution in [2.45, 2.75) is 45.3 Å². The molecular weight excluding hydrogens is 337 g/mol. The highest BCUT2D eigenvalue weighted by atomic mass is 19.1. The first-order valence-corrected chi connectivity index (χ1v) is 8.67. The van der Waals surface area contributed by atoms with E-state index in [0.29, 0.717) is 23.7 Å². The molecule has 0 unspecified atom stereocenters. The van der Waals surface area contributed by atoms with Gasteiger partial charge in [-0.05, 0) is 44.4 Å². The molecule has 138 valence electrons. The number of hydrogen-bond donors (Lipinski definition) is 2. The van der Waals surface area contributed by atoms with E-state index in [9.17, 15) is 14.0 Å². The highest BCUT2D eigenvalue weighted by Crippen LogP contribution is 2.27. The van der Waals surface area contributed by atoms with Gasteiger partial charge in [0.25, 0.3) is 5.56 Å². The molecule has 2 aromatic rings. The molecule has 2 atom stereocenters. The largest absolute Gasteiger partial charge is 0.376 e. The Labute approximate surface area is 150 Å². The van der Waals surface area contributed by atoms with Gasteiger partial charge in [-0.15, -0.1) is 0 Å². The molecule has 1 aromatic carbocycles. The first-order valence-electron chi connectivity index (χ1n) is 8.67. The summed E-state index contributed by atoms with van der Waals surface area (Å²) < 4.78 is 19.0. The van der Waals surface area contributed by atoms with E-state index in [-0.39, 0.29) is 35.9 Å². The van der Waals surface area contributed by atoms with Crippen molar-refractivity contribution in [3.05, 3.63) is 63.1 Å². The number of carbonyl (C=O) groups excluding carboxylic acids is 1. The number of ether oxygens (including phenoxy) is 1. The maximum Gasteiger partial charge on any atom is 0.254 e. The van der Waals surface area contributed by atoms with E-state index < -0.39 is 0 Å². The van der Waals surface area contributed by atoms with Crippen molar-refractivity contribution in [3.8, 4) is 0 Å². The molecule has 0 aliphatic carbocycles. The van der Waals surface area contributed by atoms with Crippen LogP contribution in [0.2, 0.25) is 0 Å². The summed E-state index contributed by atoms with van der Waals surface area (Å²) in [6.07, 6.45) is 1.49. The van der Waals surface area contributed by atoms with Crippen LogP contribution in [0.3, 0.4) is 0 Å². The summed E-state index contributed by atoms with van der Waals surface area (Å²) >= 11 is 0. The van der Waals surface area contributed by atoms with Crippen LogP contribution in [0.5, 0.6) is 0 Å². The van der Waals surface area contributed by atoms with E-state index >= 15 is 0 Å². The standard InChI is InChI=1S/C19H22FN3O3/c1-11-15(19(25)22-12(2)21-11)10-17(24)23-18(16-4-3-9-26-16)13-5-7-14(20)8-6-13/h5-8,16,18H,3-4,9-10H2,1-2H3,(H,23,24)(H,21,22,25)/t16-,18-/m0/s1. The number of nitrogens with zero attached hydrogens (tertiary/aromatic N) is 1. The van der Waals surface area contributed by atoms with E-state index in [1.807, 2.05) is 0 Å². The summed E-state index contributed by atoms with van der Waals surface area (Å²) in [4.78, 5) is 31.5. The number of H-pyrrole nitrogens is 1. The first-order chi connectivity index (χ1) is 12.4. The molecule has 0 saturated carbocycles. The minimum absolute atomic E-state index is 0.0706. The minimum Gasteiger partial charge on any atom is -0.376 e. The average molecular weight is 359 g/mol. The van der Waals surface area contributed by atoms with Crippen LogP contribution in [0.25, 0.3) is 0 Å². The second-order valence-corrected chi connectivity index (χ2v) is 6.54. The molecule has 0 bridgehead atoms. The van der Waals surface area contributed by atoms with Crippen LogP contribution in [0, 0.1) is 19.7 Å². The Morgan fingerprint density at radius 2 is 2.12 bits per heavy atom. The lowest BCUT2D eigenvalue weighted by molar-refractivity contribution is -0.122. The zero-order valence-corrected chi connectivity index (χ0v) is 14.8. The summed E-state index contributed by atoms with van der Waals surface area (Å²) in [5.41, 5.74) is 1.36. The molecule has 0 spiro atoms. The van der Waals surface area contributed by atoms with Crippen LogP contribution in [0.4, 0.5) is 4.39 Å². The number of aromatic nitrogens is 2. The number of carbonyl (C=O) groups is 1. The lowest BCUT2D eigenvalue weighted by Crippen LogP contribution is -2.38. The summed E-state index contributed by atoms with van der Waals surface area (Å²) in [7, 11) is 0. The lowest BCUT2D eigenvalue weighted by Gasteiger charge is -2.25. The SMILES string of the molecule is Cc1nc(C)c(CC(=O)N[C@@H](c2ccc(F)cc2)[C@@H]2CCCO2)c(=O)[nH]1. The van der Waals surface area contributed by atoms with E-state index in [2.05, 4.69) is 15.3 Å². The number of nitrogens with one attached hydrogen (secondary N) is 2. The Bertz CT molecular complexity index is 842. The summed E-state index contributed by atoms with van der Waals surface area (Å²) in [6, 6.07) is 5.63. The summed E-state index contributed by atoms with van der Waals surface area (Å²) in [5.74, 6) is -0.117. The highest BCUT2D eigenvalue weighted by Gasteiger charge is 2.29. The molecular formula is C19H22FN3O3. The van der Waals surface area contributed by atoms with Crippen molar-refractivity contribution in [3.63, 3.8) is 0 Å². The highest BCUT2D eigenvalue weighted by molar-refractivity contribution is 5.79. The first kappa shape index (κ1) is 18.3. The van der Waals surface area contributed by atoms with Gasteiger partial charge in [-0.25, -0.2) is 9.37 Å². The van der Waals surface area contributed by atoms with Gasteiger partial charge in [-0.1, -0.05) is 12.1 Å². The third-order valence-corrected chi connectivity index (χ3v) is 4.56. The maximum absolute atomic E-state index is 13.2. The van der Waals surface area contributed by atoms with Crippen molar-refractivity contribution in [2.24, 2.45) is 0 Å². The fourth-order valence-electron chi connectivity index (χ4n) is 3.27. The summed E-state index contributed by atoms with van der Waals surface area (Å²) in [6.45, 7) is 4.04. The Balaban J connectivity index is 1.79. The average Bonchev–Trinajstić information content (AvgIpc) is 3.11. The van der Waals surface area contributed by atoms with Crippen molar-refractivity contribution in [2.75, 3.05) is 6.61 Å². The molecule has 2 heterocycles. The van der Waals surface area contributed by atoms with Crippen LogP contribution in [0.15, 0.2) is 29.1 Å². The molecule has 1 aliphatic rings. The fraction of sp³-hybridized carbons (Fsp3) is 0.421. The van der Waals surface area contributed by atoms with Gasteiger partial charge >= 0.3 is 0 Å². The Kier molecular flexibility index (Phi) is 5.46. The van der Waals surface area contributed by atoms with Crippen LogP contribution < -0.4 is 10.9 Å². The molecule has 1 aliphatic heterocycles. The number of aryl methyl sites for hydroxylation is 2. The normalized spacial score (nSPS) is 17.9. The predicted octanol–water partition coefficient (Wildman–Crippen LogP) is 2.10. The minimum atomic E-state index is -0.386. The Morgan fingerprint density at radius 1 is 1.38 bits per heavy atom. The Morgan fingerprint density at radius 3 is 2.73 bits per heavy atom. The molecule has 7 heteroatoms. The number of benzene rings is 1. The Hall–Kier alpha value is -2.54. The number of hydrogen-bond acceptors (Lipinski definition) is 4. The second-order valence-electron chi connectivity index (χ2n) is 6.54. The monoisotopic (exact) mass is 359 g/mol. The molecule has 3 rings (SSSR count). The van der Waals surface area contributed by atoms with Gasteiger partial charge in [0.1, 0.15) is 11.6 Å². The molecule has 2 N–H and O–H groups in total. The molecule has 1 fully saturated rings. The van der Waals surface area contributed by atoms with E-state index in [1.54, 1.807) is 26.0 Å². The van der Waals surface area contributed by atoms with Crippen LogP contribution in [-0.4, -0.2) is 28.6 Å². The molecule has 1 aromatic heterocycles. The third kappa shape index (κ3) is 4.16. The van der Waals surface area contributed by atoms with Gasteiger partial charge in [-0.2, -0.15) is 0 Å². The molecule has 1 saturated heterocycles. The quantitative estimate of drug-likeness (QED) is 0.856. The van der Waals surface area contributed by atoms with Crippen LogP contribution in [0.1, 0.15) is 41.5 Å². The van der Waals surface area contributed by atoms with E-state index in [1.165, 1.54) is 12.1 Å². The van der Waals surface area contributed by atoms with Crippen molar-refractivity contribution in [1.82, 2.24) is 15.3 Å². The fourth-order valence-corrected chi connectivity index (χ4v) is 3.27. The van der Waals surface area contributed by atoms with Crippen molar-refractivity contribution in [1.29, 1.82) is 0 Å². The van der Waals surface area contributed by atoms with E-state index in [0.717, 1.165) is 18.4 Å². The number of rotatable bonds is 5. The predicted molar refractivity (Wildman–Crippen MR) is 94.3 cm³/mol. The molecule has 6 nitrogen and oxygen atoms in total. The number of aromatic amines is 1. The molecule has 0 radical (unpaired) electrons. The molecule has 26 heavy (non-hydrogen) atoms. The van der Waals surface area contributed by atoms with Gasteiger partial charge in [0, 0.05) is 17.9 Å². The van der Waals surface area contributed by atoms with Crippen molar-refractivity contribution >= 4 is 5.91 Å². The van der Waals surface area contributed by atoms with Gasteiger partial charge < -0.3 is 15.0 Å². The second kappa shape index (κ2) is 7.78.